The number of hydrogen-bond acceptors (Lipinski definition) is 6. The lowest BCUT2D eigenvalue weighted by Crippen LogP contribution is -2.67. The van der Waals surface area contributed by atoms with Crippen molar-refractivity contribution in [3.05, 3.63) is 35.8 Å². The highest BCUT2D eigenvalue weighted by Gasteiger charge is 2.38. The number of nitrogens with zero attached hydrogens (tertiary/aromatic N) is 2. The van der Waals surface area contributed by atoms with Crippen LogP contribution in [0.15, 0.2) is 29.7 Å². The molecule has 2 aliphatic rings. The Morgan fingerprint density at radius 2 is 2.21 bits per heavy atom. The summed E-state index contributed by atoms with van der Waals surface area (Å²) in [7, 11) is 0. The molecule has 8 nitrogen and oxygen atoms in total. The summed E-state index contributed by atoms with van der Waals surface area (Å²) in [6.07, 6.45) is 5.27. The molecule has 1 aromatic heterocycles. The van der Waals surface area contributed by atoms with E-state index in [0.717, 1.165) is 18.4 Å². The van der Waals surface area contributed by atoms with Crippen LogP contribution >= 0.6 is 0 Å². The zero-order valence-corrected chi connectivity index (χ0v) is 16.0. The fourth-order valence-corrected chi connectivity index (χ4v) is 2.84. The molecule has 156 valence electrons. The van der Waals surface area contributed by atoms with Gasteiger partial charge >= 0.3 is 0 Å². The van der Waals surface area contributed by atoms with Crippen LogP contribution in [0.1, 0.15) is 43.2 Å². The molecule has 1 aliphatic heterocycles. The fourth-order valence-electron chi connectivity index (χ4n) is 2.84. The number of alkyl halides is 2. The highest BCUT2D eigenvalue weighted by Crippen LogP contribution is 2.43. The summed E-state index contributed by atoms with van der Waals surface area (Å²) in [6, 6.07) is 1.81. The van der Waals surface area contributed by atoms with Crippen molar-refractivity contribution in [2.24, 2.45) is 4.99 Å². The second kappa shape index (κ2) is 8.97. The molecule has 1 unspecified atom stereocenters. The van der Waals surface area contributed by atoms with E-state index in [1.54, 1.807) is 6.92 Å². The van der Waals surface area contributed by atoms with Crippen molar-refractivity contribution < 1.29 is 23.1 Å². The third kappa shape index (κ3) is 5.27. The van der Waals surface area contributed by atoms with E-state index in [1.807, 2.05) is 6.07 Å². The van der Waals surface area contributed by atoms with Crippen molar-refractivity contribution in [2.75, 3.05) is 6.61 Å². The van der Waals surface area contributed by atoms with Crippen LogP contribution < -0.4 is 20.7 Å². The van der Waals surface area contributed by atoms with Gasteiger partial charge in [0, 0.05) is 37.1 Å². The Balaban J connectivity index is 1.68. The molecule has 3 rings (SSSR count). The van der Waals surface area contributed by atoms with E-state index >= 15 is 0 Å². The Morgan fingerprint density at radius 3 is 2.83 bits per heavy atom. The molecule has 1 aromatic rings. The Hall–Kier alpha value is -3.04. The highest BCUT2D eigenvalue weighted by atomic mass is 19.3. The van der Waals surface area contributed by atoms with Crippen molar-refractivity contribution in [3.8, 4) is 5.88 Å². The van der Waals surface area contributed by atoms with Gasteiger partial charge in [-0.1, -0.05) is 6.92 Å². The monoisotopic (exact) mass is 407 g/mol. The SMILES string of the molecule is CCC(=O)NC1(C(=O)NCc2cnc(OCC(F)F)c(C3CC3)c2)C=NC=CN1. The Bertz CT molecular complexity index is 826. The molecular weight excluding hydrogens is 384 g/mol. The molecule has 0 radical (unpaired) electrons. The van der Waals surface area contributed by atoms with Gasteiger partial charge in [-0.05, 0) is 30.4 Å². The summed E-state index contributed by atoms with van der Waals surface area (Å²) in [6.45, 7) is 1.12. The molecule has 3 N–H and O–H groups in total. The first-order valence-corrected chi connectivity index (χ1v) is 9.39. The zero-order chi connectivity index (χ0) is 20.9. The molecule has 1 saturated carbocycles. The lowest BCUT2D eigenvalue weighted by atomic mass is 10.1. The van der Waals surface area contributed by atoms with Crippen LogP contribution in [0.25, 0.3) is 0 Å². The van der Waals surface area contributed by atoms with Gasteiger partial charge in [0.15, 0.2) is 6.61 Å². The average Bonchev–Trinajstić information content (AvgIpc) is 3.56. The fraction of sp³-hybridized carbons (Fsp3) is 0.474. The lowest BCUT2D eigenvalue weighted by molar-refractivity contribution is -0.131. The van der Waals surface area contributed by atoms with E-state index in [-0.39, 0.29) is 30.7 Å². The summed E-state index contributed by atoms with van der Waals surface area (Å²) in [5, 5.41) is 8.21. The maximum Gasteiger partial charge on any atom is 0.272 e. The van der Waals surface area contributed by atoms with E-state index in [1.165, 1.54) is 24.8 Å². The number of hydrogen-bond donors (Lipinski definition) is 3. The van der Waals surface area contributed by atoms with Crippen LogP contribution in [-0.2, 0) is 16.1 Å². The van der Waals surface area contributed by atoms with Gasteiger partial charge < -0.3 is 20.7 Å². The van der Waals surface area contributed by atoms with Gasteiger partial charge in [-0.15, -0.1) is 0 Å². The summed E-state index contributed by atoms with van der Waals surface area (Å²) in [4.78, 5) is 32.7. The van der Waals surface area contributed by atoms with Gasteiger partial charge in [-0.3, -0.25) is 14.6 Å². The number of nitrogens with one attached hydrogen (secondary N) is 3. The Kier molecular flexibility index (Phi) is 6.40. The largest absolute Gasteiger partial charge is 0.471 e. The first-order valence-electron chi connectivity index (χ1n) is 9.39. The second-order valence-electron chi connectivity index (χ2n) is 6.84. The molecule has 0 spiro atoms. The van der Waals surface area contributed by atoms with Crippen molar-refractivity contribution in [3.63, 3.8) is 0 Å². The first-order chi connectivity index (χ1) is 13.9. The minimum absolute atomic E-state index is 0.143. The molecule has 1 aliphatic carbocycles. The molecule has 2 amide bonds. The summed E-state index contributed by atoms with van der Waals surface area (Å²) >= 11 is 0. The van der Waals surface area contributed by atoms with Crippen LogP contribution in [0, 0.1) is 0 Å². The molecule has 0 bridgehead atoms. The number of rotatable bonds is 9. The molecule has 29 heavy (non-hydrogen) atoms. The average molecular weight is 407 g/mol. The minimum atomic E-state index is -2.57. The van der Waals surface area contributed by atoms with Gasteiger partial charge in [0.25, 0.3) is 12.3 Å². The molecule has 10 heteroatoms. The van der Waals surface area contributed by atoms with Gasteiger partial charge in [-0.25, -0.2) is 13.8 Å². The van der Waals surface area contributed by atoms with E-state index in [2.05, 4.69) is 25.9 Å². The van der Waals surface area contributed by atoms with Gasteiger partial charge in [-0.2, -0.15) is 0 Å². The summed E-state index contributed by atoms with van der Waals surface area (Å²) < 4.78 is 30.0. The van der Waals surface area contributed by atoms with Gasteiger partial charge in [0.2, 0.25) is 17.5 Å². The Morgan fingerprint density at radius 1 is 1.41 bits per heavy atom. The second-order valence-corrected chi connectivity index (χ2v) is 6.84. The first kappa shape index (κ1) is 20.7. The lowest BCUT2D eigenvalue weighted by Gasteiger charge is -2.31. The number of carbonyl (C=O) groups excluding carboxylic acids is 2. The summed E-state index contributed by atoms with van der Waals surface area (Å²) in [5.41, 5.74) is -0.00821. The van der Waals surface area contributed by atoms with Crippen molar-refractivity contribution >= 4 is 18.0 Å². The van der Waals surface area contributed by atoms with E-state index in [4.69, 9.17) is 4.74 Å². The standard InChI is InChI=1S/C19H23F2N5O3/c1-2-16(27)26-19(11-22-5-6-25-19)18(28)24-9-12-7-14(13-3-4-13)17(23-8-12)29-10-15(20)21/h5-8,11,13,15,25H,2-4,9-10H2,1H3,(H,24,28)(H,26,27). The highest BCUT2D eigenvalue weighted by molar-refractivity contribution is 6.06. The van der Waals surface area contributed by atoms with E-state index < -0.39 is 24.6 Å². The van der Waals surface area contributed by atoms with Crippen molar-refractivity contribution in [2.45, 2.75) is 50.7 Å². The quantitative estimate of drug-likeness (QED) is 0.577. The van der Waals surface area contributed by atoms with Crippen LogP contribution in [0.2, 0.25) is 0 Å². The number of pyridine rings is 1. The predicted octanol–water partition coefficient (Wildman–Crippen LogP) is 1.59. The number of halogens is 2. The molecule has 2 heterocycles. The number of carbonyl (C=O) groups is 2. The van der Waals surface area contributed by atoms with Crippen LogP contribution in [0.4, 0.5) is 8.78 Å². The van der Waals surface area contributed by atoms with Gasteiger partial charge in [0.1, 0.15) is 0 Å². The normalized spacial score (nSPS) is 20.3. The third-order valence-electron chi connectivity index (χ3n) is 4.51. The minimum Gasteiger partial charge on any atom is -0.471 e. The topological polar surface area (TPSA) is 105 Å². The molecule has 0 saturated heterocycles. The van der Waals surface area contributed by atoms with E-state index in [9.17, 15) is 18.4 Å². The zero-order valence-electron chi connectivity index (χ0n) is 16.0. The molecule has 0 aromatic carbocycles. The Labute approximate surface area is 166 Å². The maximum absolute atomic E-state index is 12.8. The third-order valence-corrected chi connectivity index (χ3v) is 4.51. The molecule has 1 fully saturated rings. The number of amides is 2. The summed E-state index contributed by atoms with van der Waals surface area (Å²) in [5.74, 6) is -0.356. The van der Waals surface area contributed by atoms with Crippen LogP contribution in [0.5, 0.6) is 5.88 Å². The van der Waals surface area contributed by atoms with E-state index in [0.29, 0.717) is 5.56 Å². The maximum atomic E-state index is 12.8. The van der Waals surface area contributed by atoms with Crippen molar-refractivity contribution in [1.82, 2.24) is 20.9 Å². The number of ether oxygens (including phenoxy) is 1. The smallest absolute Gasteiger partial charge is 0.272 e. The predicted molar refractivity (Wildman–Crippen MR) is 101 cm³/mol. The number of aliphatic imine (C=N–C) groups is 1. The molecule has 1 atom stereocenters. The van der Waals surface area contributed by atoms with Crippen LogP contribution in [-0.4, -0.2) is 41.7 Å². The van der Waals surface area contributed by atoms with Crippen molar-refractivity contribution in [1.29, 1.82) is 0 Å². The molecular formula is C19H23F2N5O3. The van der Waals surface area contributed by atoms with Crippen LogP contribution in [0.3, 0.4) is 0 Å². The van der Waals surface area contributed by atoms with Gasteiger partial charge in [0.05, 0.1) is 6.21 Å². The number of aromatic nitrogens is 1.